The van der Waals surface area contributed by atoms with Crippen molar-refractivity contribution >= 4 is 22.6 Å². The molecule has 0 spiro atoms. The highest BCUT2D eigenvalue weighted by atomic mass is 127. The van der Waals surface area contributed by atoms with Crippen molar-refractivity contribution in [1.82, 2.24) is 0 Å². The Morgan fingerprint density at radius 2 is 2.50 bits per heavy atom. The zero-order valence-corrected chi connectivity index (χ0v) is 5.27. The minimum Gasteiger partial charge on any atom is -0.106 e. The van der Waals surface area contributed by atoms with Crippen molar-refractivity contribution < 1.29 is 0 Å². The van der Waals surface area contributed by atoms with Gasteiger partial charge in [-0.1, -0.05) is 6.08 Å². The van der Waals surface area contributed by atoms with Crippen LogP contribution < -0.4 is 0 Å². The summed E-state index contributed by atoms with van der Waals surface area (Å²) in [5, 5.41) is 0. The van der Waals surface area contributed by atoms with Crippen LogP contribution in [0.2, 0.25) is 0 Å². The molecule has 0 unspecified atom stereocenters. The Morgan fingerprint density at radius 3 is 2.67 bits per heavy atom. The van der Waals surface area contributed by atoms with Crippen molar-refractivity contribution in [1.29, 1.82) is 0 Å². The molecule has 30 valence electrons. The number of hydrogen-bond donors (Lipinski definition) is 0. The highest BCUT2D eigenvalue weighted by Crippen LogP contribution is 2.08. The zero-order chi connectivity index (χ0) is 4.41. The molecule has 0 heterocycles. The lowest BCUT2D eigenvalue weighted by molar-refractivity contribution is 2.08. The van der Waals surface area contributed by atoms with Gasteiger partial charge in [0.05, 0.1) is 3.58 Å². The monoisotopic (exact) mass is 190 g/mol. The zero-order valence-electron chi connectivity index (χ0n) is 3.11. The molecular formula is C5H3I. The summed E-state index contributed by atoms with van der Waals surface area (Å²) < 4.78 is 1.19. The van der Waals surface area contributed by atoms with Crippen LogP contribution in [-0.2, 0) is 0 Å². The lowest BCUT2D eigenvalue weighted by Gasteiger charge is -1.65. The van der Waals surface area contributed by atoms with E-state index in [-0.39, 0.29) is 0 Å². The number of halogens is 1. The first-order valence-electron chi connectivity index (χ1n) is 1.68. The molecule has 0 saturated carbocycles. The van der Waals surface area contributed by atoms with Crippen LogP contribution in [0.1, 0.15) is 0 Å². The highest BCUT2D eigenvalue weighted by Gasteiger charge is 1.79. The van der Waals surface area contributed by atoms with E-state index in [1.54, 1.807) is 0 Å². The number of hydrogen-bond acceptors (Lipinski definition) is 0. The Hall–Kier alpha value is -0.0100. The average molecular weight is 190 g/mol. The summed E-state index contributed by atoms with van der Waals surface area (Å²) in [4.78, 5) is 0. The second kappa shape index (κ2) is 1.63. The minimum atomic E-state index is 1.19. The van der Waals surface area contributed by atoms with Crippen LogP contribution in [0.3, 0.4) is 0 Å². The molecule has 0 radical (unpaired) electrons. The molecule has 0 N–H and O–H groups in total. The van der Waals surface area contributed by atoms with Gasteiger partial charge in [-0.3, -0.25) is 0 Å². The molecule has 0 bridgehead atoms. The average Bonchev–Trinajstić information content (AvgIpc) is 1.86. The Morgan fingerprint density at radius 1 is 1.67 bits per heavy atom. The standard InChI is InChI=1S/C5H3I/c6-5-3-1-2-4-5/h1-3H. The largest absolute Gasteiger partial charge is 0.106 e. The maximum absolute atomic E-state index is 2.99. The second-order valence-corrected chi connectivity index (χ2v) is 2.18. The number of allylic oxidation sites excluding steroid dienone is 3. The van der Waals surface area contributed by atoms with Gasteiger partial charge in [0.2, 0.25) is 0 Å². The Bertz CT molecular complexity index is 136. The van der Waals surface area contributed by atoms with E-state index in [0.29, 0.717) is 0 Å². The van der Waals surface area contributed by atoms with Crippen molar-refractivity contribution in [2.45, 2.75) is 0 Å². The molecule has 0 aromatic heterocycles. The van der Waals surface area contributed by atoms with E-state index < -0.39 is 0 Å². The van der Waals surface area contributed by atoms with E-state index in [4.69, 9.17) is 0 Å². The van der Waals surface area contributed by atoms with Crippen LogP contribution in [-0.4, -0.2) is 0 Å². The fraction of sp³-hybridized carbons (Fsp3) is 0. The smallest absolute Gasteiger partial charge is 0.0548 e. The van der Waals surface area contributed by atoms with Gasteiger partial charge in [0.25, 0.3) is 0 Å². The van der Waals surface area contributed by atoms with Gasteiger partial charge >= 0.3 is 0 Å². The van der Waals surface area contributed by atoms with E-state index >= 15 is 0 Å². The first-order chi connectivity index (χ1) is 2.89. The van der Waals surface area contributed by atoms with E-state index in [1.165, 1.54) is 3.58 Å². The number of rotatable bonds is 0. The van der Waals surface area contributed by atoms with Crippen LogP contribution in [0.15, 0.2) is 27.5 Å². The third kappa shape index (κ3) is 0.730. The van der Waals surface area contributed by atoms with Gasteiger partial charge < -0.3 is 0 Å². The molecule has 0 saturated heterocycles. The lowest BCUT2D eigenvalue weighted by atomic mass is 10.6. The summed E-state index contributed by atoms with van der Waals surface area (Å²) in [6.45, 7) is 0. The molecule has 1 aliphatic rings. The van der Waals surface area contributed by atoms with Crippen molar-refractivity contribution in [3.8, 4) is 0 Å². The molecule has 0 aromatic carbocycles. The Labute approximate surface area is 50.4 Å². The predicted molar refractivity (Wildman–Crippen MR) is 34.8 cm³/mol. The molecule has 1 rings (SSSR count). The summed E-state index contributed by atoms with van der Waals surface area (Å²) in [6.07, 6.45) is 5.89. The van der Waals surface area contributed by atoms with E-state index in [2.05, 4.69) is 28.3 Å². The molecule has 1 aliphatic carbocycles. The molecule has 0 atom stereocenters. The van der Waals surface area contributed by atoms with Gasteiger partial charge in [-0.25, -0.2) is 0 Å². The quantitative estimate of drug-likeness (QED) is 0.405. The highest BCUT2D eigenvalue weighted by molar-refractivity contribution is 14.1. The van der Waals surface area contributed by atoms with Crippen LogP contribution >= 0.6 is 22.6 Å². The second-order valence-electron chi connectivity index (χ2n) is 1.02. The molecule has 0 fully saturated rings. The molecule has 0 amide bonds. The first-order valence-corrected chi connectivity index (χ1v) is 2.76. The molecule has 0 aliphatic heterocycles. The Kier molecular flexibility index (Phi) is 1.13. The van der Waals surface area contributed by atoms with Gasteiger partial charge in [-0.2, -0.15) is 0 Å². The topological polar surface area (TPSA) is 0 Å². The molecule has 1 heteroatoms. The third-order valence-electron chi connectivity index (χ3n) is 0.560. The fourth-order valence-electron chi connectivity index (χ4n) is 0.308. The van der Waals surface area contributed by atoms with Crippen LogP contribution in [0.4, 0.5) is 0 Å². The summed E-state index contributed by atoms with van der Waals surface area (Å²) in [7, 11) is 0. The minimum absolute atomic E-state index is 1.19. The van der Waals surface area contributed by atoms with E-state index in [9.17, 15) is 0 Å². The van der Waals surface area contributed by atoms with Crippen LogP contribution in [0.25, 0.3) is 0 Å². The van der Waals surface area contributed by atoms with Gasteiger partial charge in [-0.15, -0.1) is 5.73 Å². The predicted octanol–water partition coefficient (Wildman–Crippen LogP) is 2.03. The molecule has 6 heavy (non-hydrogen) atoms. The van der Waals surface area contributed by atoms with Gasteiger partial charge in [0.15, 0.2) is 0 Å². The summed E-state index contributed by atoms with van der Waals surface area (Å²) >= 11 is 2.22. The summed E-state index contributed by atoms with van der Waals surface area (Å²) in [5.74, 6) is 0. The summed E-state index contributed by atoms with van der Waals surface area (Å²) in [5.41, 5.74) is 2.99. The van der Waals surface area contributed by atoms with Crippen molar-refractivity contribution in [2.24, 2.45) is 0 Å². The SMILES string of the molecule is IC1=C=CC=C1. The van der Waals surface area contributed by atoms with Gasteiger partial charge in [0, 0.05) is 0 Å². The van der Waals surface area contributed by atoms with E-state index in [0.717, 1.165) is 0 Å². The molecule has 0 aromatic rings. The maximum atomic E-state index is 2.99. The van der Waals surface area contributed by atoms with Crippen LogP contribution in [0, 0.1) is 0 Å². The third-order valence-corrected chi connectivity index (χ3v) is 1.23. The fourth-order valence-corrected chi connectivity index (χ4v) is 0.696. The normalized spacial score (nSPS) is 15.8. The first kappa shape index (κ1) is 4.16. The van der Waals surface area contributed by atoms with Gasteiger partial charge in [-0.05, 0) is 34.7 Å². The lowest BCUT2D eigenvalue weighted by Crippen LogP contribution is -1.41. The molecule has 0 nitrogen and oxygen atoms in total. The van der Waals surface area contributed by atoms with Gasteiger partial charge in [0.1, 0.15) is 0 Å². The van der Waals surface area contributed by atoms with Crippen LogP contribution in [0.5, 0.6) is 0 Å². The molecular weight excluding hydrogens is 187 g/mol. The van der Waals surface area contributed by atoms with Crippen molar-refractivity contribution in [3.05, 3.63) is 27.5 Å². The van der Waals surface area contributed by atoms with Crippen molar-refractivity contribution in [2.75, 3.05) is 0 Å². The summed E-state index contributed by atoms with van der Waals surface area (Å²) in [6, 6.07) is 0. The Balaban J connectivity index is 2.98. The maximum Gasteiger partial charge on any atom is 0.0548 e. The van der Waals surface area contributed by atoms with E-state index in [1.807, 2.05) is 18.2 Å². The van der Waals surface area contributed by atoms with Crippen molar-refractivity contribution in [3.63, 3.8) is 0 Å².